The van der Waals surface area contributed by atoms with E-state index >= 15 is 0 Å². The van der Waals surface area contributed by atoms with Gasteiger partial charge in [0.1, 0.15) is 5.82 Å². The Morgan fingerprint density at radius 3 is 2.42 bits per heavy atom. The van der Waals surface area contributed by atoms with E-state index in [1.54, 1.807) is 4.90 Å². The molecule has 4 nitrogen and oxygen atoms in total. The minimum Gasteiger partial charge on any atom is -0.385 e. The summed E-state index contributed by atoms with van der Waals surface area (Å²) < 4.78 is 52.6. The van der Waals surface area contributed by atoms with Crippen LogP contribution in [0.1, 0.15) is 27.9 Å². The van der Waals surface area contributed by atoms with E-state index in [0.717, 1.165) is 61.0 Å². The van der Waals surface area contributed by atoms with Crippen LogP contribution in [0.5, 0.6) is 0 Å². The van der Waals surface area contributed by atoms with Gasteiger partial charge in [-0.3, -0.25) is 4.79 Å². The van der Waals surface area contributed by atoms with Crippen molar-refractivity contribution in [3.63, 3.8) is 0 Å². The third-order valence-corrected chi connectivity index (χ3v) is 6.88. The number of anilines is 1. The summed E-state index contributed by atoms with van der Waals surface area (Å²) in [4.78, 5) is 16.7. The fourth-order valence-corrected chi connectivity index (χ4v) is 4.92. The molecule has 0 radical (unpaired) electrons. The maximum absolute atomic E-state index is 13.7. The highest BCUT2D eigenvalue weighted by molar-refractivity contribution is 6.31. The second-order valence-corrected chi connectivity index (χ2v) is 9.37. The first-order valence-corrected chi connectivity index (χ1v) is 11.4. The SMILES string of the molecule is Cc1ccc(NCCCN2CC3CN(C(=O)c4cc(F)cc(C(F)(F)F)c4)CC3C2)cc1Cl. The molecule has 0 bridgehead atoms. The van der Waals surface area contributed by atoms with Crippen LogP contribution in [0.3, 0.4) is 0 Å². The number of nitrogens with zero attached hydrogens (tertiary/aromatic N) is 2. The zero-order chi connectivity index (χ0) is 23.8. The molecule has 2 aliphatic heterocycles. The molecule has 9 heteroatoms. The van der Waals surface area contributed by atoms with Gasteiger partial charge in [0.05, 0.1) is 5.56 Å². The number of fused-ring (bicyclic) bond motifs is 1. The van der Waals surface area contributed by atoms with Crippen LogP contribution in [0, 0.1) is 24.6 Å². The normalized spacial score (nSPS) is 20.8. The Balaban J connectivity index is 1.25. The van der Waals surface area contributed by atoms with Gasteiger partial charge < -0.3 is 15.1 Å². The van der Waals surface area contributed by atoms with Crippen molar-refractivity contribution < 1.29 is 22.4 Å². The number of carbonyl (C=O) groups is 1. The third-order valence-electron chi connectivity index (χ3n) is 6.47. The van der Waals surface area contributed by atoms with Gasteiger partial charge in [0.2, 0.25) is 0 Å². The maximum atomic E-state index is 13.7. The van der Waals surface area contributed by atoms with Crippen molar-refractivity contribution in [3.8, 4) is 0 Å². The molecule has 4 rings (SSSR count). The third kappa shape index (κ3) is 5.61. The summed E-state index contributed by atoms with van der Waals surface area (Å²) in [6.45, 7) is 6.37. The largest absolute Gasteiger partial charge is 0.416 e. The summed E-state index contributed by atoms with van der Waals surface area (Å²) in [6, 6.07) is 7.93. The number of aryl methyl sites for hydroxylation is 1. The van der Waals surface area contributed by atoms with Crippen LogP contribution < -0.4 is 5.32 Å². The Labute approximate surface area is 195 Å². The van der Waals surface area contributed by atoms with Gasteiger partial charge in [-0.05, 0) is 67.6 Å². The molecule has 0 aromatic heterocycles. The molecule has 2 aromatic rings. The Morgan fingerprint density at radius 1 is 1.09 bits per heavy atom. The highest BCUT2D eigenvalue weighted by Gasteiger charge is 2.42. The molecule has 2 aliphatic rings. The average Bonchev–Trinajstić information content (AvgIpc) is 3.31. The van der Waals surface area contributed by atoms with Crippen LogP contribution in [-0.4, -0.2) is 55.0 Å². The summed E-state index contributed by atoms with van der Waals surface area (Å²) in [5, 5.41) is 4.11. The number of alkyl halides is 3. The zero-order valence-corrected chi connectivity index (χ0v) is 19.0. The van der Waals surface area contributed by atoms with E-state index < -0.39 is 23.5 Å². The molecular formula is C24H26ClF4N3O. The van der Waals surface area contributed by atoms with Crippen molar-refractivity contribution in [2.45, 2.75) is 19.5 Å². The molecule has 1 amide bonds. The summed E-state index contributed by atoms with van der Waals surface area (Å²) in [7, 11) is 0. The molecule has 2 aromatic carbocycles. The predicted molar refractivity (Wildman–Crippen MR) is 120 cm³/mol. The van der Waals surface area contributed by atoms with Gasteiger partial charge in [0, 0.05) is 49.0 Å². The first kappa shape index (κ1) is 23.8. The van der Waals surface area contributed by atoms with E-state index in [9.17, 15) is 22.4 Å². The van der Waals surface area contributed by atoms with E-state index in [1.807, 2.05) is 25.1 Å². The van der Waals surface area contributed by atoms with Crippen molar-refractivity contribution in [1.29, 1.82) is 0 Å². The van der Waals surface area contributed by atoms with Gasteiger partial charge in [-0.15, -0.1) is 0 Å². The summed E-state index contributed by atoms with van der Waals surface area (Å²) in [5.74, 6) is -1.02. The van der Waals surface area contributed by atoms with Crippen LogP contribution in [0.2, 0.25) is 5.02 Å². The fraction of sp³-hybridized carbons (Fsp3) is 0.458. The van der Waals surface area contributed by atoms with Gasteiger partial charge in [-0.2, -0.15) is 13.2 Å². The molecular weight excluding hydrogens is 458 g/mol. The Hall–Kier alpha value is -2.32. The maximum Gasteiger partial charge on any atom is 0.416 e. The average molecular weight is 484 g/mol. The van der Waals surface area contributed by atoms with Crippen molar-refractivity contribution in [1.82, 2.24) is 9.80 Å². The molecule has 2 heterocycles. The summed E-state index contributed by atoms with van der Waals surface area (Å²) in [6.07, 6.45) is -3.74. The standard InChI is InChI=1S/C24H26ClF4N3O/c1-15-3-4-21(10-22(15)25)30-5-2-6-31-11-17-13-32(14-18(17)12-31)23(33)16-7-19(24(27,28)29)9-20(26)8-16/h3-4,7-10,17-18,30H,2,5-6,11-14H2,1H3. The molecule has 0 spiro atoms. The van der Waals surface area contributed by atoms with Crippen molar-refractivity contribution in [2.24, 2.45) is 11.8 Å². The zero-order valence-electron chi connectivity index (χ0n) is 18.3. The van der Waals surface area contributed by atoms with Crippen LogP contribution in [-0.2, 0) is 6.18 Å². The lowest BCUT2D eigenvalue weighted by molar-refractivity contribution is -0.137. The molecule has 178 valence electrons. The number of carbonyl (C=O) groups excluding carboxylic acids is 1. The van der Waals surface area contributed by atoms with E-state index in [1.165, 1.54) is 0 Å². The van der Waals surface area contributed by atoms with Crippen LogP contribution in [0.15, 0.2) is 36.4 Å². The van der Waals surface area contributed by atoms with Gasteiger partial charge in [0.25, 0.3) is 5.91 Å². The van der Waals surface area contributed by atoms with E-state index in [-0.39, 0.29) is 17.4 Å². The monoisotopic (exact) mass is 483 g/mol. The first-order valence-electron chi connectivity index (χ1n) is 11.0. The molecule has 2 fully saturated rings. The van der Waals surface area contributed by atoms with Crippen LogP contribution in [0.25, 0.3) is 0 Å². The van der Waals surface area contributed by atoms with E-state index in [2.05, 4.69) is 10.2 Å². The number of likely N-dealkylation sites (tertiary alicyclic amines) is 2. The van der Waals surface area contributed by atoms with Crippen molar-refractivity contribution in [2.75, 3.05) is 44.6 Å². The topological polar surface area (TPSA) is 35.6 Å². The minimum atomic E-state index is -4.69. The highest BCUT2D eigenvalue weighted by Crippen LogP contribution is 2.34. The van der Waals surface area contributed by atoms with Crippen molar-refractivity contribution >= 4 is 23.2 Å². The van der Waals surface area contributed by atoms with Gasteiger partial charge in [-0.1, -0.05) is 17.7 Å². The van der Waals surface area contributed by atoms with Gasteiger partial charge in [-0.25, -0.2) is 4.39 Å². The lowest BCUT2D eigenvalue weighted by atomic mass is 10.0. The van der Waals surface area contributed by atoms with E-state index in [4.69, 9.17) is 11.6 Å². The Bertz CT molecular complexity index is 1020. The molecule has 0 saturated carbocycles. The Morgan fingerprint density at radius 2 is 1.79 bits per heavy atom. The fourth-order valence-electron chi connectivity index (χ4n) is 4.74. The number of rotatable bonds is 6. The number of amides is 1. The first-order chi connectivity index (χ1) is 15.6. The quantitative estimate of drug-likeness (QED) is 0.446. The number of nitrogens with one attached hydrogen (secondary N) is 1. The molecule has 1 N–H and O–H groups in total. The number of hydrogen-bond acceptors (Lipinski definition) is 3. The lowest BCUT2D eigenvalue weighted by Crippen LogP contribution is -2.34. The summed E-state index contributed by atoms with van der Waals surface area (Å²) >= 11 is 6.15. The molecule has 0 aliphatic carbocycles. The van der Waals surface area contributed by atoms with Crippen LogP contribution >= 0.6 is 11.6 Å². The second kappa shape index (κ2) is 9.50. The minimum absolute atomic E-state index is 0.249. The summed E-state index contributed by atoms with van der Waals surface area (Å²) in [5.41, 5.74) is 0.639. The molecule has 2 atom stereocenters. The second-order valence-electron chi connectivity index (χ2n) is 8.96. The van der Waals surface area contributed by atoms with Gasteiger partial charge in [0.15, 0.2) is 0 Å². The van der Waals surface area contributed by atoms with E-state index in [0.29, 0.717) is 19.2 Å². The number of halogens is 5. The molecule has 2 saturated heterocycles. The van der Waals surface area contributed by atoms with Gasteiger partial charge >= 0.3 is 6.18 Å². The van der Waals surface area contributed by atoms with Crippen LogP contribution in [0.4, 0.5) is 23.2 Å². The predicted octanol–water partition coefficient (Wildman–Crippen LogP) is 5.31. The lowest BCUT2D eigenvalue weighted by Gasteiger charge is -2.22. The molecule has 33 heavy (non-hydrogen) atoms. The smallest absolute Gasteiger partial charge is 0.385 e. The Kier molecular flexibility index (Phi) is 6.86. The highest BCUT2D eigenvalue weighted by atomic mass is 35.5. The number of hydrogen-bond donors (Lipinski definition) is 1. The number of benzene rings is 2. The van der Waals surface area contributed by atoms with Crippen molar-refractivity contribution in [3.05, 3.63) is 63.9 Å². The molecule has 2 unspecified atom stereocenters.